The Morgan fingerprint density at radius 3 is 2.26 bits per heavy atom. The van der Waals surface area contributed by atoms with Gasteiger partial charge in [-0.1, -0.05) is 55.8 Å². The highest BCUT2D eigenvalue weighted by Crippen LogP contribution is 2.23. The maximum atomic E-state index is 12.9. The largest absolute Gasteiger partial charge is 0.488 e. The summed E-state index contributed by atoms with van der Waals surface area (Å²) in [5, 5.41) is 6.41. The van der Waals surface area contributed by atoms with Crippen molar-refractivity contribution in [3.8, 4) is 5.75 Å². The van der Waals surface area contributed by atoms with Gasteiger partial charge in [0.15, 0.2) is 0 Å². The molecule has 2 amide bonds. The average molecular weight is 480 g/mol. The number of likely N-dealkylation sites (N-methyl/N-ethyl adjacent to an activating group) is 1. The van der Waals surface area contributed by atoms with E-state index in [1.165, 1.54) is 0 Å². The van der Waals surface area contributed by atoms with Crippen LogP contribution in [0.2, 0.25) is 5.02 Å². The molecule has 0 aliphatic carbocycles. The summed E-state index contributed by atoms with van der Waals surface area (Å²) in [5.74, 6) is 0.0265. The normalized spacial score (nSPS) is 10.7. The minimum absolute atomic E-state index is 0.136. The fraction of sp³-hybridized carbons (Fsp3) is 0.259. The van der Waals surface area contributed by atoms with Gasteiger partial charge in [0.05, 0.1) is 5.56 Å². The van der Waals surface area contributed by atoms with Crippen molar-refractivity contribution in [3.63, 3.8) is 0 Å². The van der Waals surface area contributed by atoms with Gasteiger partial charge >= 0.3 is 0 Å². The van der Waals surface area contributed by atoms with E-state index in [1.807, 2.05) is 24.3 Å². The summed E-state index contributed by atoms with van der Waals surface area (Å²) in [7, 11) is 0. The molecule has 3 rings (SSSR count). The topological polar surface area (TPSA) is 70.7 Å². The van der Waals surface area contributed by atoms with Crippen molar-refractivity contribution in [3.05, 3.63) is 94.5 Å². The van der Waals surface area contributed by atoms with Crippen LogP contribution in [0.25, 0.3) is 0 Å². The monoisotopic (exact) mass is 479 g/mol. The van der Waals surface area contributed by atoms with Crippen molar-refractivity contribution in [1.82, 2.24) is 10.2 Å². The van der Waals surface area contributed by atoms with Gasteiger partial charge in [-0.3, -0.25) is 9.59 Å². The maximum absolute atomic E-state index is 12.9. The van der Waals surface area contributed by atoms with Crippen LogP contribution >= 0.6 is 11.6 Å². The van der Waals surface area contributed by atoms with E-state index in [1.54, 1.807) is 48.5 Å². The summed E-state index contributed by atoms with van der Waals surface area (Å²) in [5.41, 5.74) is 2.38. The predicted octanol–water partition coefficient (Wildman–Crippen LogP) is 5.24. The number of benzene rings is 3. The van der Waals surface area contributed by atoms with Gasteiger partial charge in [-0.15, -0.1) is 0 Å². The fourth-order valence-corrected chi connectivity index (χ4v) is 3.61. The minimum Gasteiger partial charge on any atom is -0.488 e. The zero-order valence-electron chi connectivity index (χ0n) is 19.5. The average Bonchev–Trinajstić information content (AvgIpc) is 2.86. The van der Waals surface area contributed by atoms with E-state index >= 15 is 0 Å². The lowest BCUT2D eigenvalue weighted by molar-refractivity contribution is 0.0948. The number of anilines is 1. The van der Waals surface area contributed by atoms with E-state index in [0.29, 0.717) is 34.1 Å². The second-order valence-corrected chi connectivity index (χ2v) is 8.10. The molecule has 0 bridgehead atoms. The summed E-state index contributed by atoms with van der Waals surface area (Å²) < 4.78 is 5.88. The van der Waals surface area contributed by atoms with E-state index in [9.17, 15) is 9.59 Å². The fourth-order valence-electron chi connectivity index (χ4n) is 3.42. The third-order valence-electron chi connectivity index (χ3n) is 5.49. The first-order valence-electron chi connectivity index (χ1n) is 11.4. The lowest BCUT2D eigenvalue weighted by atomic mass is 10.1. The number of hydrogen-bond acceptors (Lipinski definition) is 4. The molecule has 3 aromatic rings. The molecule has 0 aliphatic rings. The number of carbonyl (C=O) groups excluding carboxylic acids is 2. The van der Waals surface area contributed by atoms with Gasteiger partial charge in [-0.25, -0.2) is 0 Å². The highest BCUT2D eigenvalue weighted by atomic mass is 35.5. The van der Waals surface area contributed by atoms with E-state index in [4.69, 9.17) is 16.3 Å². The van der Waals surface area contributed by atoms with Crippen molar-refractivity contribution < 1.29 is 14.3 Å². The van der Waals surface area contributed by atoms with Crippen LogP contribution in [0, 0.1) is 0 Å². The van der Waals surface area contributed by atoms with Crippen LogP contribution in [0.15, 0.2) is 72.8 Å². The number of amides is 2. The standard InChI is InChI=1S/C27H30ClN3O3/c1-3-31(4-2)18-17-29-26(32)20-13-15-22(16-14-20)30-27(33)23-10-6-8-12-25(23)34-19-21-9-5-7-11-24(21)28/h5-16H,3-4,17-19H2,1-2H3,(H,29,32)(H,30,33). The molecule has 0 spiro atoms. The Kier molecular flexibility index (Phi) is 9.50. The van der Waals surface area contributed by atoms with E-state index in [0.717, 1.165) is 25.2 Å². The molecule has 178 valence electrons. The van der Waals surface area contributed by atoms with Crippen molar-refractivity contribution in [2.45, 2.75) is 20.5 Å². The molecule has 0 fully saturated rings. The SMILES string of the molecule is CCN(CC)CCNC(=O)c1ccc(NC(=O)c2ccccc2OCc2ccccc2Cl)cc1. The van der Waals surface area contributed by atoms with Crippen LogP contribution in [0.1, 0.15) is 40.1 Å². The Hall–Kier alpha value is -3.35. The zero-order valence-corrected chi connectivity index (χ0v) is 20.3. The zero-order chi connectivity index (χ0) is 24.3. The van der Waals surface area contributed by atoms with Gasteiger partial charge in [0, 0.05) is 34.9 Å². The second-order valence-electron chi connectivity index (χ2n) is 7.69. The van der Waals surface area contributed by atoms with Gasteiger partial charge in [-0.2, -0.15) is 0 Å². The highest BCUT2D eigenvalue weighted by molar-refractivity contribution is 6.31. The molecule has 0 saturated heterocycles. The number of carbonyl (C=O) groups is 2. The number of ether oxygens (including phenoxy) is 1. The van der Waals surface area contributed by atoms with E-state index in [-0.39, 0.29) is 18.4 Å². The quantitative estimate of drug-likeness (QED) is 0.394. The summed E-state index contributed by atoms with van der Waals surface area (Å²) in [6.07, 6.45) is 0. The van der Waals surface area contributed by atoms with Crippen LogP contribution in [0.4, 0.5) is 5.69 Å². The number of nitrogens with zero attached hydrogens (tertiary/aromatic N) is 1. The molecule has 0 heterocycles. The first-order chi connectivity index (χ1) is 16.5. The first kappa shape index (κ1) is 25.3. The first-order valence-corrected chi connectivity index (χ1v) is 11.8. The predicted molar refractivity (Wildman–Crippen MR) is 137 cm³/mol. The number of hydrogen-bond donors (Lipinski definition) is 2. The molecule has 34 heavy (non-hydrogen) atoms. The second kappa shape index (κ2) is 12.8. The number of nitrogens with one attached hydrogen (secondary N) is 2. The highest BCUT2D eigenvalue weighted by Gasteiger charge is 2.14. The van der Waals surface area contributed by atoms with Gasteiger partial charge in [0.25, 0.3) is 11.8 Å². The van der Waals surface area contributed by atoms with Crippen LogP contribution in [-0.2, 0) is 6.61 Å². The molecule has 2 N–H and O–H groups in total. The van der Waals surface area contributed by atoms with Crippen molar-refractivity contribution >= 4 is 29.1 Å². The molecule has 3 aromatic carbocycles. The lowest BCUT2D eigenvalue weighted by Gasteiger charge is -2.18. The molecule has 6 nitrogen and oxygen atoms in total. The lowest BCUT2D eigenvalue weighted by Crippen LogP contribution is -2.34. The Labute approximate surface area is 205 Å². The van der Waals surface area contributed by atoms with Crippen LogP contribution < -0.4 is 15.4 Å². The molecular formula is C27H30ClN3O3. The Balaban J connectivity index is 1.58. The molecule has 7 heteroatoms. The van der Waals surface area contributed by atoms with Crippen molar-refractivity contribution in [2.75, 3.05) is 31.5 Å². The number of halogens is 1. The van der Waals surface area contributed by atoms with Gasteiger partial charge in [-0.05, 0) is 55.6 Å². The summed E-state index contributed by atoms with van der Waals surface area (Å²) in [6, 6.07) is 21.3. The molecule has 0 unspecified atom stereocenters. The van der Waals surface area contributed by atoms with Crippen molar-refractivity contribution in [1.29, 1.82) is 0 Å². The van der Waals surface area contributed by atoms with E-state index < -0.39 is 0 Å². The van der Waals surface area contributed by atoms with Gasteiger partial charge in [0.2, 0.25) is 0 Å². The Bertz CT molecular complexity index is 1100. The minimum atomic E-state index is -0.300. The molecule has 0 saturated carbocycles. The maximum Gasteiger partial charge on any atom is 0.259 e. The molecular weight excluding hydrogens is 450 g/mol. The third kappa shape index (κ3) is 7.07. The summed E-state index contributed by atoms with van der Waals surface area (Å²) >= 11 is 6.20. The van der Waals surface area contributed by atoms with Gasteiger partial charge in [0.1, 0.15) is 12.4 Å². The van der Waals surface area contributed by atoms with Crippen molar-refractivity contribution in [2.24, 2.45) is 0 Å². The van der Waals surface area contributed by atoms with E-state index in [2.05, 4.69) is 29.4 Å². The van der Waals surface area contributed by atoms with Crippen LogP contribution in [0.5, 0.6) is 5.75 Å². The summed E-state index contributed by atoms with van der Waals surface area (Å²) in [6.45, 7) is 7.75. The molecule has 0 aliphatic heterocycles. The smallest absolute Gasteiger partial charge is 0.259 e. The van der Waals surface area contributed by atoms with Crippen LogP contribution in [0.3, 0.4) is 0 Å². The summed E-state index contributed by atoms with van der Waals surface area (Å²) in [4.78, 5) is 27.5. The molecule has 0 aromatic heterocycles. The van der Waals surface area contributed by atoms with Crippen LogP contribution in [-0.4, -0.2) is 42.9 Å². The Morgan fingerprint density at radius 2 is 1.56 bits per heavy atom. The van der Waals surface area contributed by atoms with Gasteiger partial charge < -0.3 is 20.3 Å². The molecule has 0 atom stereocenters. The number of rotatable bonds is 11. The number of para-hydroxylation sites is 1. The molecule has 0 radical (unpaired) electrons. The Morgan fingerprint density at radius 1 is 0.882 bits per heavy atom. The third-order valence-corrected chi connectivity index (χ3v) is 5.85.